The molecule has 0 heterocycles. The monoisotopic (exact) mass is 337 g/mol. The van der Waals surface area contributed by atoms with Crippen molar-refractivity contribution in [2.75, 3.05) is 18.5 Å². The molecule has 10 heteroatoms. The zero-order valence-corrected chi connectivity index (χ0v) is 13.7. The number of nitro groups is 2. The second kappa shape index (κ2) is 8.56. The number of rotatable bonds is 8. The van der Waals surface area contributed by atoms with Crippen molar-refractivity contribution in [1.82, 2.24) is 4.90 Å². The van der Waals surface area contributed by atoms with E-state index in [0.717, 1.165) is 12.1 Å². The molecule has 1 amide bonds. The first-order chi connectivity index (χ1) is 11.3. The van der Waals surface area contributed by atoms with Crippen molar-refractivity contribution in [1.29, 1.82) is 0 Å². The van der Waals surface area contributed by atoms with Gasteiger partial charge in [0, 0.05) is 24.9 Å². The van der Waals surface area contributed by atoms with E-state index >= 15 is 0 Å². The van der Waals surface area contributed by atoms with E-state index in [-0.39, 0.29) is 23.7 Å². The van der Waals surface area contributed by atoms with Gasteiger partial charge in [0.25, 0.3) is 5.69 Å². The summed E-state index contributed by atoms with van der Waals surface area (Å²) in [6, 6.07) is 3.20. The number of anilines is 1. The molecule has 0 aliphatic carbocycles. The predicted octanol–water partition coefficient (Wildman–Crippen LogP) is 2.55. The van der Waals surface area contributed by atoms with Gasteiger partial charge in [-0.1, -0.05) is 0 Å². The van der Waals surface area contributed by atoms with Crippen LogP contribution in [0.2, 0.25) is 0 Å². The quantitative estimate of drug-likeness (QED) is 0.440. The maximum absolute atomic E-state index is 12.0. The standard InChI is InChI=1S/C14H19N5O5/c1-4-17(5-2)14(20)8-10(3)15-16-12-7-6-11(18(21)22)9-13(12)19(23)24/h6-7,9,16H,4-5,8H2,1-3H3/b15-10-. The summed E-state index contributed by atoms with van der Waals surface area (Å²) >= 11 is 0. The lowest BCUT2D eigenvalue weighted by Crippen LogP contribution is -2.31. The number of hydrogen-bond acceptors (Lipinski definition) is 7. The van der Waals surface area contributed by atoms with Crippen molar-refractivity contribution < 1.29 is 14.6 Å². The molecule has 1 N–H and O–H groups in total. The van der Waals surface area contributed by atoms with E-state index in [1.807, 2.05) is 13.8 Å². The second-order valence-corrected chi connectivity index (χ2v) is 4.92. The summed E-state index contributed by atoms with van der Waals surface area (Å²) in [7, 11) is 0. The van der Waals surface area contributed by atoms with Crippen LogP contribution in [0.25, 0.3) is 0 Å². The number of carbonyl (C=O) groups is 1. The molecule has 0 aliphatic rings. The summed E-state index contributed by atoms with van der Waals surface area (Å²) in [6.07, 6.45) is 0.0788. The number of carbonyl (C=O) groups excluding carboxylic acids is 1. The first-order valence-corrected chi connectivity index (χ1v) is 7.29. The normalized spacial score (nSPS) is 11.0. The van der Waals surface area contributed by atoms with Crippen LogP contribution in [-0.2, 0) is 4.79 Å². The van der Waals surface area contributed by atoms with Gasteiger partial charge in [-0.2, -0.15) is 5.10 Å². The Kier molecular flexibility index (Phi) is 6.78. The molecule has 10 nitrogen and oxygen atoms in total. The highest BCUT2D eigenvalue weighted by Crippen LogP contribution is 2.28. The smallest absolute Gasteiger partial charge is 0.301 e. The lowest BCUT2D eigenvalue weighted by atomic mass is 10.2. The first kappa shape index (κ1) is 19.0. The summed E-state index contributed by atoms with van der Waals surface area (Å²) in [5.41, 5.74) is 2.11. The minimum atomic E-state index is -0.735. The van der Waals surface area contributed by atoms with Gasteiger partial charge in [-0.05, 0) is 26.8 Å². The van der Waals surface area contributed by atoms with Crippen molar-refractivity contribution >= 4 is 28.7 Å². The van der Waals surface area contributed by atoms with Crippen LogP contribution >= 0.6 is 0 Å². The Labute approximate surface area is 138 Å². The molecule has 1 rings (SSSR count). The Morgan fingerprint density at radius 3 is 2.33 bits per heavy atom. The minimum Gasteiger partial charge on any atom is -0.343 e. The zero-order valence-electron chi connectivity index (χ0n) is 13.7. The van der Waals surface area contributed by atoms with Crippen LogP contribution in [0.15, 0.2) is 23.3 Å². The van der Waals surface area contributed by atoms with Crippen molar-refractivity contribution in [3.8, 4) is 0 Å². The lowest BCUT2D eigenvalue weighted by molar-refractivity contribution is -0.393. The van der Waals surface area contributed by atoms with E-state index in [0.29, 0.717) is 18.8 Å². The van der Waals surface area contributed by atoms with Crippen LogP contribution in [0.4, 0.5) is 17.1 Å². The van der Waals surface area contributed by atoms with Gasteiger partial charge in [-0.3, -0.25) is 30.4 Å². The highest BCUT2D eigenvalue weighted by molar-refractivity contribution is 6.00. The molecule has 1 aromatic carbocycles. The summed E-state index contributed by atoms with van der Waals surface area (Å²) in [5, 5.41) is 25.7. The van der Waals surface area contributed by atoms with Crippen molar-refractivity contribution in [2.45, 2.75) is 27.2 Å². The third kappa shape index (κ3) is 5.00. The predicted molar refractivity (Wildman–Crippen MR) is 89.0 cm³/mol. The Morgan fingerprint density at radius 2 is 1.83 bits per heavy atom. The van der Waals surface area contributed by atoms with E-state index in [4.69, 9.17) is 0 Å². The SMILES string of the molecule is CCN(CC)C(=O)C/C(C)=N\Nc1ccc([N+](=O)[O-])cc1[N+](=O)[O-]. The molecule has 0 spiro atoms. The van der Waals surface area contributed by atoms with Crippen molar-refractivity contribution in [3.05, 3.63) is 38.4 Å². The molecule has 0 saturated carbocycles. The van der Waals surface area contributed by atoms with Gasteiger partial charge in [-0.15, -0.1) is 0 Å². The van der Waals surface area contributed by atoms with Gasteiger partial charge >= 0.3 is 5.69 Å². The molecule has 130 valence electrons. The van der Waals surface area contributed by atoms with Gasteiger partial charge in [0.15, 0.2) is 0 Å². The van der Waals surface area contributed by atoms with Crippen molar-refractivity contribution in [3.63, 3.8) is 0 Å². The lowest BCUT2D eigenvalue weighted by Gasteiger charge is -2.18. The van der Waals surface area contributed by atoms with Gasteiger partial charge in [0.05, 0.1) is 22.3 Å². The van der Waals surface area contributed by atoms with Crippen LogP contribution in [0, 0.1) is 20.2 Å². The fraction of sp³-hybridized carbons (Fsp3) is 0.429. The Hall–Kier alpha value is -3.04. The molecule has 0 atom stereocenters. The van der Waals surface area contributed by atoms with Gasteiger partial charge in [0.1, 0.15) is 5.69 Å². The first-order valence-electron chi connectivity index (χ1n) is 7.29. The molecule has 0 saturated heterocycles. The fourth-order valence-corrected chi connectivity index (χ4v) is 1.98. The zero-order chi connectivity index (χ0) is 18.3. The van der Waals surface area contributed by atoms with E-state index in [2.05, 4.69) is 10.5 Å². The van der Waals surface area contributed by atoms with E-state index in [9.17, 15) is 25.0 Å². The summed E-state index contributed by atoms with van der Waals surface area (Å²) in [4.78, 5) is 33.9. The highest BCUT2D eigenvalue weighted by atomic mass is 16.6. The number of nitro benzene ring substituents is 2. The molecule has 1 aromatic rings. The number of hydrogen-bond donors (Lipinski definition) is 1. The number of benzene rings is 1. The molecular weight excluding hydrogens is 318 g/mol. The average molecular weight is 337 g/mol. The van der Waals surface area contributed by atoms with Gasteiger partial charge in [0.2, 0.25) is 5.91 Å². The van der Waals surface area contributed by atoms with E-state index < -0.39 is 15.5 Å². The van der Waals surface area contributed by atoms with Gasteiger partial charge < -0.3 is 4.90 Å². The second-order valence-electron chi connectivity index (χ2n) is 4.92. The Bertz CT molecular complexity index is 670. The van der Waals surface area contributed by atoms with Gasteiger partial charge in [-0.25, -0.2) is 0 Å². The fourth-order valence-electron chi connectivity index (χ4n) is 1.98. The molecule has 24 heavy (non-hydrogen) atoms. The Morgan fingerprint density at radius 1 is 1.21 bits per heavy atom. The highest BCUT2D eigenvalue weighted by Gasteiger charge is 2.19. The minimum absolute atomic E-state index is 0.0141. The molecular formula is C14H19N5O5. The average Bonchev–Trinajstić information content (AvgIpc) is 2.53. The molecule has 0 aromatic heterocycles. The van der Waals surface area contributed by atoms with Crippen LogP contribution in [0.5, 0.6) is 0 Å². The number of nitrogens with zero attached hydrogens (tertiary/aromatic N) is 4. The van der Waals surface area contributed by atoms with Crippen LogP contribution in [-0.4, -0.2) is 39.5 Å². The largest absolute Gasteiger partial charge is 0.343 e. The third-order valence-corrected chi connectivity index (χ3v) is 3.28. The van der Waals surface area contributed by atoms with E-state index in [1.165, 1.54) is 6.07 Å². The van der Waals surface area contributed by atoms with E-state index in [1.54, 1.807) is 11.8 Å². The molecule has 0 unspecified atom stereocenters. The topological polar surface area (TPSA) is 131 Å². The summed E-state index contributed by atoms with van der Waals surface area (Å²) in [6.45, 7) is 6.53. The molecule has 0 radical (unpaired) electrons. The Balaban J connectivity index is 2.91. The maximum atomic E-state index is 12.0. The summed E-state index contributed by atoms with van der Waals surface area (Å²) < 4.78 is 0. The van der Waals surface area contributed by atoms with Crippen LogP contribution < -0.4 is 5.43 Å². The number of non-ortho nitro benzene ring substituents is 1. The van der Waals surface area contributed by atoms with Crippen molar-refractivity contribution in [2.24, 2.45) is 5.10 Å². The molecule has 0 fully saturated rings. The van der Waals surface area contributed by atoms with Crippen LogP contribution in [0.3, 0.4) is 0 Å². The summed E-state index contributed by atoms with van der Waals surface area (Å²) in [5.74, 6) is -0.0961. The molecule has 0 bridgehead atoms. The maximum Gasteiger partial charge on any atom is 0.301 e. The number of amides is 1. The van der Waals surface area contributed by atoms with Crippen LogP contribution in [0.1, 0.15) is 27.2 Å². The number of hydrazone groups is 1. The third-order valence-electron chi connectivity index (χ3n) is 3.28. The number of nitrogens with one attached hydrogen (secondary N) is 1. The molecule has 0 aliphatic heterocycles.